The second kappa shape index (κ2) is 12.1. The monoisotopic (exact) mass is 587 g/mol. The molecule has 8 rings (SSSR count). The van der Waals surface area contributed by atoms with Crippen molar-refractivity contribution in [3.63, 3.8) is 0 Å². The average Bonchev–Trinajstić information content (AvgIpc) is 3.15. The molecule has 3 nitrogen and oxygen atoms in total. The standard InChI is InChI=1S/C43H29N3/c1-3-10-30(11-4-1)36-25-26-38(39(28-36)32-12-5-2-6-13-32)33-19-23-35(24-20-33)43-42(45-40-15-7-8-16-41(40)46-43)34-21-17-31(18-22-34)37-14-9-27-44-29-37/h1-29H. The molecule has 216 valence electrons. The first-order chi connectivity index (χ1) is 22.8. The Morgan fingerprint density at radius 2 is 0.761 bits per heavy atom. The van der Waals surface area contributed by atoms with Crippen molar-refractivity contribution in [3.05, 3.63) is 176 Å². The minimum absolute atomic E-state index is 0.862. The summed E-state index contributed by atoms with van der Waals surface area (Å²) < 4.78 is 0. The zero-order chi connectivity index (χ0) is 30.7. The quantitative estimate of drug-likeness (QED) is 0.194. The van der Waals surface area contributed by atoms with Crippen LogP contribution in [0, 0.1) is 0 Å². The Balaban J connectivity index is 1.21. The van der Waals surface area contributed by atoms with Gasteiger partial charge in [-0.2, -0.15) is 0 Å². The molecule has 2 heterocycles. The molecule has 0 spiro atoms. The summed E-state index contributed by atoms with van der Waals surface area (Å²) >= 11 is 0. The summed E-state index contributed by atoms with van der Waals surface area (Å²) in [5, 5.41) is 0. The Labute approximate surface area is 268 Å². The lowest BCUT2D eigenvalue weighted by Gasteiger charge is -2.15. The molecule has 2 aromatic heterocycles. The third-order valence-corrected chi connectivity index (χ3v) is 8.40. The number of fused-ring (bicyclic) bond motifs is 1. The molecule has 0 fully saturated rings. The Kier molecular flexibility index (Phi) is 7.18. The van der Waals surface area contributed by atoms with Crippen LogP contribution in [-0.2, 0) is 0 Å². The summed E-state index contributed by atoms with van der Waals surface area (Å²) in [6.07, 6.45) is 3.68. The van der Waals surface area contributed by atoms with E-state index in [0.717, 1.165) is 50.2 Å². The zero-order valence-corrected chi connectivity index (χ0v) is 25.1. The molecule has 0 amide bonds. The van der Waals surface area contributed by atoms with Crippen molar-refractivity contribution >= 4 is 11.0 Å². The number of aromatic nitrogens is 3. The molecule has 0 atom stereocenters. The first kappa shape index (κ1) is 27.4. The highest BCUT2D eigenvalue weighted by Crippen LogP contribution is 2.38. The summed E-state index contributed by atoms with van der Waals surface area (Å²) in [6, 6.07) is 57.3. The molecule has 0 aliphatic rings. The third kappa shape index (κ3) is 5.36. The highest BCUT2D eigenvalue weighted by molar-refractivity contribution is 5.90. The van der Waals surface area contributed by atoms with Crippen LogP contribution >= 0.6 is 0 Å². The van der Waals surface area contributed by atoms with Crippen LogP contribution in [0.4, 0.5) is 0 Å². The fraction of sp³-hybridized carbons (Fsp3) is 0. The number of para-hydroxylation sites is 2. The van der Waals surface area contributed by atoms with Gasteiger partial charge in [-0.1, -0.05) is 140 Å². The van der Waals surface area contributed by atoms with Crippen molar-refractivity contribution in [2.75, 3.05) is 0 Å². The van der Waals surface area contributed by atoms with Crippen molar-refractivity contribution in [2.45, 2.75) is 0 Å². The van der Waals surface area contributed by atoms with Gasteiger partial charge in [0.2, 0.25) is 0 Å². The molecular formula is C43H29N3. The number of nitrogens with zero attached hydrogens (tertiary/aromatic N) is 3. The van der Waals surface area contributed by atoms with Gasteiger partial charge in [0.05, 0.1) is 22.4 Å². The molecule has 0 unspecified atom stereocenters. The number of hydrogen-bond donors (Lipinski definition) is 0. The molecule has 46 heavy (non-hydrogen) atoms. The lowest BCUT2D eigenvalue weighted by atomic mass is 9.90. The van der Waals surface area contributed by atoms with Crippen molar-refractivity contribution in [2.24, 2.45) is 0 Å². The van der Waals surface area contributed by atoms with E-state index in [-0.39, 0.29) is 0 Å². The summed E-state index contributed by atoms with van der Waals surface area (Å²) in [5.74, 6) is 0. The number of hydrogen-bond acceptors (Lipinski definition) is 3. The van der Waals surface area contributed by atoms with Gasteiger partial charge in [-0.25, -0.2) is 9.97 Å². The van der Waals surface area contributed by atoms with E-state index in [9.17, 15) is 0 Å². The summed E-state index contributed by atoms with van der Waals surface area (Å²) in [7, 11) is 0. The Hall–Kier alpha value is -6.19. The van der Waals surface area contributed by atoms with E-state index in [1.807, 2.05) is 36.5 Å². The van der Waals surface area contributed by atoms with Gasteiger partial charge in [-0.3, -0.25) is 4.98 Å². The Bertz CT molecular complexity index is 2260. The van der Waals surface area contributed by atoms with Crippen molar-refractivity contribution in [3.8, 4) is 67.0 Å². The van der Waals surface area contributed by atoms with Crippen molar-refractivity contribution < 1.29 is 0 Å². The third-order valence-electron chi connectivity index (χ3n) is 8.40. The van der Waals surface area contributed by atoms with E-state index >= 15 is 0 Å². The van der Waals surface area contributed by atoms with E-state index in [2.05, 4.69) is 138 Å². The molecule has 0 radical (unpaired) electrons. The van der Waals surface area contributed by atoms with Gasteiger partial charge < -0.3 is 0 Å². The smallest absolute Gasteiger partial charge is 0.0973 e. The molecular weight excluding hydrogens is 558 g/mol. The maximum atomic E-state index is 5.14. The normalized spacial score (nSPS) is 11.0. The van der Waals surface area contributed by atoms with Crippen LogP contribution < -0.4 is 0 Å². The molecule has 0 saturated heterocycles. The van der Waals surface area contributed by atoms with Gasteiger partial charge in [-0.15, -0.1) is 0 Å². The van der Waals surface area contributed by atoms with Gasteiger partial charge in [0.15, 0.2) is 0 Å². The first-order valence-electron chi connectivity index (χ1n) is 15.4. The van der Waals surface area contributed by atoms with Crippen LogP contribution in [-0.4, -0.2) is 15.0 Å². The van der Waals surface area contributed by atoms with Crippen molar-refractivity contribution in [1.29, 1.82) is 0 Å². The minimum Gasteiger partial charge on any atom is -0.264 e. The second-order valence-corrected chi connectivity index (χ2v) is 11.3. The maximum Gasteiger partial charge on any atom is 0.0973 e. The minimum atomic E-state index is 0.862. The fourth-order valence-electron chi connectivity index (χ4n) is 6.03. The first-order valence-corrected chi connectivity index (χ1v) is 15.4. The molecule has 0 N–H and O–H groups in total. The molecule has 6 aromatic carbocycles. The average molecular weight is 588 g/mol. The topological polar surface area (TPSA) is 38.7 Å². The summed E-state index contributed by atoms with van der Waals surface area (Å²) in [5.41, 5.74) is 14.9. The highest BCUT2D eigenvalue weighted by Gasteiger charge is 2.15. The lowest BCUT2D eigenvalue weighted by molar-refractivity contribution is 1.29. The summed E-state index contributed by atoms with van der Waals surface area (Å²) in [6.45, 7) is 0. The number of rotatable bonds is 6. The van der Waals surface area contributed by atoms with Gasteiger partial charge in [0.25, 0.3) is 0 Å². The van der Waals surface area contributed by atoms with Gasteiger partial charge in [0, 0.05) is 23.5 Å². The number of pyridine rings is 1. The molecule has 8 aromatic rings. The molecule has 3 heteroatoms. The van der Waals surface area contributed by atoms with Crippen LogP contribution in [0.5, 0.6) is 0 Å². The zero-order valence-electron chi connectivity index (χ0n) is 25.1. The molecule has 0 saturated carbocycles. The molecule has 0 bridgehead atoms. The van der Waals surface area contributed by atoms with E-state index < -0.39 is 0 Å². The van der Waals surface area contributed by atoms with Crippen LogP contribution in [0.1, 0.15) is 0 Å². The Morgan fingerprint density at radius 3 is 1.35 bits per heavy atom. The number of benzene rings is 6. The summed E-state index contributed by atoms with van der Waals surface area (Å²) in [4.78, 5) is 14.5. The van der Waals surface area contributed by atoms with Gasteiger partial charge in [-0.05, 0) is 68.8 Å². The maximum absolute atomic E-state index is 5.14. The van der Waals surface area contributed by atoms with E-state index in [1.54, 1.807) is 6.20 Å². The molecule has 0 aliphatic carbocycles. The second-order valence-electron chi connectivity index (χ2n) is 11.3. The van der Waals surface area contributed by atoms with E-state index in [1.165, 1.54) is 27.8 Å². The lowest BCUT2D eigenvalue weighted by Crippen LogP contribution is -1.96. The van der Waals surface area contributed by atoms with Crippen molar-refractivity contribution in [1.82, 2.24) is 15.0 Å². The van der Waals surface area contributed by atoms with E-state index in [4.69, 9.17) is 9.97 Å². The SMILES string of the molecule is c1ccc(-c2ccc(-c3ccc(-c4nc5ccccc5nc4-c4ccc(-c5cccnc5)cc4)cc3)c(-c3ccccc3)c2)cc1. The van der Waals surface area contributed by atoms with Gasteiger partial charge in [0.1, 0.15) is 0 Å². The van der Waals surface area contributed by atoms with E-state index in [0.29, 0.717) is 0 Å². The highest BCUT2D eigenvalue weighted by atomic mass is 14.8. The van der Waals surface area contributed by atoms with Gasteiger partial charge >= 0.3 is 0 Å². The van der Waals surface area contributed by atoms with Crippen LogP contribution in [0.15, 0.2) is 176 Å². The van der Waals surface area contributed by atoms with Crippen LogP contribution in [0.3, 0.4) is 0 Å². The largest absolute Gasteiger partial charge is 0.264 e. The predicted molar refractivity (Wildman–Crippen MR) is 190 cm³/mol. The fourth-order valence-corrected chi connectivity index (χ4v) is 6.03. The molecule has 0 aliphatic heterocycles. The van der Waals surface area contributed by atoms with Crippen LogP contribution in [0.25, 0.3) is 78.1 Å². The van der Waals surface area contributed by atoms with Crippen LogP contribution in [0.2, 0.25) is 0 Å². The Morgan fingerprint density at radius 1 is 0.304 bits per heavy atom. The predicted octanol–water partition coefficient (Wildman–Crippen LogP) is 11.0.